The molecule has 3 N–H and O–H groups in total. The van der Waals surface area contributed by atoms with E-state index in [4.69, 9.17) is 4.74 Å². The number of nitrogens with zero attached hydrogens (tertiary/aromatic N) is 3. The van der Waals surface area contributed by atoms with E-state index in [2.05, 4.69) is 37.5 Å². The molecule has 1 aliphatic heterocycles. The zero-order valence-corrected chi connectivity index (χ0v) is 11.8. The summed E-state index contributed by atoms with van der Waals surface area (Å²) in [6.07, 6.45) is 3.03. The zero-order chi connectivity index (χ0) is 13.9. The predicted molar refractivity (Wildman–Crippen MR) is 77.9 cm³/mol. The Bertz CT molecular complexity index is 583. The van der Waals surface area contributed by atoms with Crippen LogP contribution >= 0.6 is 0 Å². The van der Waals surface area contributed by atoms with Crippen molar-refractivity contribution in [3.8, 4) is 0 Å². The van der Waals surface area contributed by atoms with Gasteiger partial charge in [-0.25, -0.2) is 4.98 Å². The summed E-state index contributed by atoms with van der Waals surface area (Å²) in [6, 6.07) is 0. The molecule has 2 unspecified atom stereocenters. The highest BCUT2D eigenvalue weighted by atomic mass is 16.5. The molecule has 7 nitrogen and oxygen atoms in total. The van der Waals surface area contributed by atoms with E-state index in [1.165, 1.54) is 0 Å². The number of imidazole rings is 1. The summed E-state index contributed by atoms with van der Waals surface area (Å²) in [5, 5.41) is 6.53. The number of ether oxygens (including phenoxy) is 1. The van der Waals surface area contributed by atoms with E-state index in [-0.39, 0.29) is 0 Å². The molecule has 7 heteroatoms. The maximum absolute atomic E-state index is 5.58. The number of hydrogen-bond acceptors (Lipinski definition) is 6. The van der Waals surface area contributed by atoms with Crippen molar-refractivity contribution in [3.63, 3.8) is 0 Å². The highest BCUT2D eigenvalue weighted by Crippen LogP contribution is 2.23. The lowest BCUT2D eigenvalue weighted by Gasteiger charge is -2.15. The molecule has 0 spiro atoms. The Morgan fingerprint density at radius 1 is 1.40 bits per heavy atom. The van der Waals surface area contributed by atoms with Crippen LogP contribution in [0.5, 0.6) is 0 Å². The molecule has 108 valence electrons. The van der Waals surface area contributed by atoms with Gasteiger partial charge >= 0.3 is 0 Å². The van der Waals surface area contributed by atoms with E-state index in [1.54, 1.807) is 6.33 Å². The fraction of sp³-hybridized carbons (Fsp3) is 0.615. The van der Waals surface area contributed by atoms with E-state index in [1.807, 2.05) is 6.92 Å². The minimum atomic E-state index is 0.301. The number of hydrogen-bond donors (Lipinski definition) is 3. The molecule has 0 radical (unpaired) electrons. The van der Waals surface area contributed by atoms with Gasteiger partial charge in [0.05, 0.1) is 12.4 Å². The van der Waals surface area contributed by atoms with E-state index in [0.717, 1.165) is 37.5 Å². The predicted octanol–water partition coefficient (Wildman–Crippen LogP) is 1.62. The van der Waals surface area contributed by atoms with Crippen LogP contribution in [0.3, 0.4) is 0 Å². The van der Waals surface area contributed by atoms with Crippen molar-refractivity contribution < 1.29 is 4.74 Å². The molecule has 20 heavy (non-hydrogen) atoms. The second-order valence-electron chi connectivity index (χ2n) is 5.03. The molecule has 3 rings (SSSR count). The molecule has 2 atom stereocenters. The Kier molecular flexibility index (Phi) is 3.68. The topological polar surface area (TPSA) is 87.8 Å². The smallest absolute Gasteiger partial charge is 0.226 e. The third-order valence-corrected chi connectivity index (χ3v) is 3.69. The van der Waals surface area contributed by atoms with Crippen LogP contribution in [0.4, 0.5) is 11.8 Å². The number of H-pyrrole nitrogens is 1. The first-order valence-corrected chi connectivity index (χ1v) is 7.08. The van der Waals surface area contributed by atoms with E-state index in [0.29, 0.717) is 23.6 Å². The van der Waals surface area contributed by atoms with Gasteiger partial charge in [0.25, 0.3) is 0 Å². The largest absolute Gasteiger partial charge is 0.378 e. The number of aromatic nitrogens is 4. The minimum absolute atomic E-state index is 0.301. The number of rotatable bonds is 5. The second-order valence-corrected chi connectivity index (χ2v) is 5.03. The first-order valence-electron chi connectivity index (χ1n) is 7.08. The summed E-state index contributed by atoms with van der Waals surface area (Å²) in [5.41, 5.74) is 1.52. The van der Waals surface area contributed by atoms with Gasteiger partial charge < -0.3 is 20.4 Å². The van der Waals surface area contributed by atoms with Crippen LogP contribution in [0.1, 0.15) is 20.3 Å². The molecule has 2 aromatic rings. The fourth-order valence-corrected chi connectivity index (χ4v) is 2.47. The zero-order valence-electron chi connectivity index (χ0n) is 11.8. The summed E-state index contributed by atoms with van der Waals surface area (Å²) in [4.78, 5) is 16.1. The Labute approximate surface area is 117 Å². The lowest BCUT2D eigenvalue weighted by Crippen LogP contribution is -2.21. The lowest BCUT2D eigenvalue weighted by molar-refractivity contribution is 0.108. The van der Waals surface area contributed by atoms with Crippen LogP contribution in [-0.4, -0.2) is 45.7 Å². The van der Waals surface area contributed by atoms with Crippen molar-refractivity contribution in [2.45, 2.75) is 26.4 Å². The van der Waals surface area contributed by atoms with Gasteiger partial charge in [-0.3, -0.25) is 0 Å². The van der Waals surface area contributed by atoms with E-state index < -0.39 is 0 Å². The molecular formula is C13H20N6O. The van der Waals surface area contributed by atoms with E-state index in [9.17, 15) is 0 Å². The van der Waals surface area contributed by atoms with Crippen LogP contribution < -0.4 is 10.6 Å². The monoisotopic (exact) mass is 276 g/mol. The third kappa shape index (κ3) is 2.53. The minimum Gasteiger partial charge on any atom is -0.378 e. The average Bonchev–Trinajstić information content (AvgIpc) is 3.05. The van der Waals surface area contributed by atoms with Crippen molar-refractivity contribution >= 4 is 22.9 Å². The molecule has 1 aliphatic rings. The Morgan fingerprint density at radius 2 is 2.30 bits per heavy atom. The lowest BCUT2D eigenvalue weighted by atomic mass is 10.0. The van der Waals surface area contributed by atoms with Crippen molar-refractivity contribution in [2.75, 3.05) is 30.3 Å². The van der Waals surface area contributed by atoms with Gasteiger partial charge in [-0.1, -0.05) is 0 Å². The summed E-state index contributed by atoms with van der Waals surface area (Å²) in [7, 11) is 0. The van der Waals surface area contributed by atoms with Crippen molar-refractivity contribution in [1.82, 2.24) is 19.9 Å². The van der Waals surface area contributed by atoms with Crippen LogP contribution in [-0.2, 0) is 4.74 Å². The molecule has 2 aromatic heterocycles. The molecule has 0 bridgehead atoms. The molecule has 0 saturated carbocycles. The highest BCUT2D eigenvalue weighted by Gasteiger charge is 2.24. The van der Waals surface area contributed by atoms with Gasteiger partial charge in [-0.15, -0.1) is 0 Å². The third-order valence-electron chi connectivity index (χ3n) is 3.69. The van der Waals surface area contributed by atoms with Gasteiger partial charge in [0.15, 0.2) is 11.5 Å². The molecule has 0 aliphatic carbocycles. The van der Waals surface area contributed by atoms with Gasteiger partial charge in [0.2, 0.25) is 5.95 Å². The number of fused-ring (bicyclic) bond motifs is 1. The van der Waals surface area contributed by atoms with Gasteiger partial charge in [0.1, 0.15) is 5.52 Å². The second kappa shape index (κ2) is 5.62. The molecule has 3 heterocycles. The van der Waals surface area contributed by atoms with Crippen molar-refractivity contribution in [2.24, 2.45) is 5.92 Å². The Hall–Kier alpha value is -1.89. The summed E-state index contributed by atoms with van der Waals surface area (Å²) >= 11 is 0. The highest BCUT2D eigenvalue weighted by molar-refractivity contribution is 5.83. The summed E-state index contributed by atoms with van der Waals surface area (Å²) in [5.74, 6) is 1.92. The maximum Gasteiger partial charge on any atom is 0.226 e. The number of anilines is 2. The fourth-order valence-electron chi connectivity index (χ4n) is 2.47. The average molecular weight is 276 g/mol. The molecule has 0 amide bonds. The molecule has 1 saturated heterocycles. The van der Waals surface area contributed by atoms with Crippen LogP contribution in [0, 0.1) is 5.92 Å². The quantitative estimate of drug-likeness (QED) is 0.769. The van der Waals surface area contributed by atoms with Gasteiger partial charge in [0, 0.05) is 25.6 Å². The standard InChI is InChI=1S/C13H20N6O/c1-3-14-13-18-11(10-12(19-13)17-7-16-10)15-6-9-4-5-20-8(9)2/h7-9H,3-6H2,1-2H3,(H3,14,15,16,17,18,19). The summed E-state index contributed by atoms with van der Waals surface area (Å²) in [6.45, 7) is 6.61. The first kappa shape index (κ1) is 13.1. The maximum atomic E-state index is 5.58. The van der Waals surface area contributed by atoms with Crippen molar-refractivity contribution in [1.29, 1.82) is 0 Å². The van der Waals surface area contributed by atoms with Crippen LogP contribution in [0.15, 0.2) is 6.33 Å². The Balaban J connectivity index is 1.80. The van der Waals surface area contributed by atoms with Crippen LogP contribution in [0.25, 0.3) is 11.2 Å². The molecule has 0 aromatic carbocycles. The molecular weight excluding hydrogens is 256 g/mol. The normalized spacial score (nSPS) is 22.3. The first-order chi connectivity index (χ1) is 9.78. The van der Waals surface area contributed by atoms with Gasteiger partial charge in [-0.2, -0.15) is 9.97 Å². The molecule has 1 fully saturated rings. The van der Waals surface area contributed by atoms with E-state index >= 15 is 0 Å². The van der Waals surface area contributed by atoms with Crippen molar-refractivity contribution in [3.05, 3.63) is 6.33 Å². The number of nitrogens with one attached hydrogen (secondary N) is 3. The Morgan fingerprint density at radius 3 is 3.05 bits per heavy atom. The van der Waals surface area contributed by atoms with Crippen LogP contribution in [0.2, 0.25) is 0 Å². The number of aromatic amines is 1. The van der Waals surface area contributed by atoms with Gasteiger partial charge in [-0.05, 0) is 20.3 Å². The SMILES string of the molecule is CCNc1nc(NCC2CCOC2C)c2[nH]cnc2n1. The summed E-state index contributed by atoms with van der Waals surface area (Å²) < 4.78 is 5.58.